The van der Waals surface area contributed by atoms with Crippen LogP contribution in [0.1, 0.15) is 26.3 Å². The van der Waals surface area contributed by atoms with E-state index in [1.54, 1.807) is 13.2 Å². The molecular weight excluding hydrogens is 243 g/mol. The lowest BCUT2D eigenvalue weighted by atomic mass is 10.1. The summed E-state index contributed by atoms with van der Waals surface area (Å²) in [6, 6.07) is 5.34. The standard InChI is InChI=1S/C15H25FN2O/c1-5-17-11-13-10-14(16)6-7-15(13)18(12(2)3)8-9-19-4/h6-7,10,12,17H,5,8-9,11H2,1-4H3. The van der Waals surface area contributed by atoms with Gasteiger partial charge in [0, 0.05) is 31.9 Å². The van der Waals surface area contributed by atoms with E-state index in [4.69, 9.17) is 4.74 Å². The molecule has 0 aliphatic rings. The number of rotatable bonds is 8. The van der Waals surface area contributed by atoms with E-state index in [0.29, 0.717) is 19.2 Å². The van der Waals surface area contributed by atoms with Gasteiger partial charge in [0.1, 0.15) is 5.82 Å². The molecule has 0 aliphatic carbocycles. The van der Waals surface area contributed by atoms with Crippen molar-refractivity contribution in [1.82, 2.24) is 5.32 Å². The average molecular weight is 268 g/mol. The maximum Gasteiger partial charge on any atom is 0.123 e. The van der Waals surface area contributed by atoms with Gasteiger partial charge in [-0.15, -0.1) is 0 Å². The van der Waals surface area contributed by atoms with Gasteiger partial charge in [-0.1, -0.05) is 6.92 Å². The highest BCUT2D eigenvalue weighted by Gasteiger charge is 2.14. The quantitative estimate of drug-likeness (QED) is 0.784. The fraction of sp³-hybridized carbons (Fsp3) is 0.600. The Bertz CT molecular complexity index is 382. The second-order valence-electron chi connectivity index (χ2n) is 4.83. The minimum atomic E-state index is -0.188. The number of hydrogen-bond acceptors (Lipinski definition) is 3. The molecule has 0 heterocycles. The lowest BCUT2D eigenvalue weighted by molar-refractivity contribution is 0.203. The Balaban J connectivity index is 2.99. The van der Waals surface area contributed by atoms with Crippen LogP contribution in [0.15, 0.2) is 18.2 Å². The van der Waals surface area contributed by atoms with E-state index in [2.05, 4.69) is 24.1 Å². The van der Waals surface area contributed by atoms with Crippen LogP contribution in [0.5, 0.6) is 0 Å². The number of anilines is 1. The van der Waals surface area contributed by atoms with E-state index in [-0.39, 0.29) is 5.82 Å². The maximum absolute atomic E-state index is 13.4. The Morgan fingerprint density at radius 3 is 2.68 bits per heavy atom. The van der Waals surface area contributed by atoms with Gasteiger partial charge in [-0.2, -0.15) is 0 Å². The van der Waals surface area contributed by atoms with Gasteiger partial charge in [-0.25, -0.2) is 4.39 Å². The van der Waals surface area contributed by atoms with Crippen molar-refractivity contribution in [3.8, 4) is 0 Å². The molecule has 0 amide bonds. The summed E-state index contributed by atoms with van der Waals surface area (Å²) in [6.07, 6.45) is 0. The van der Waals surface area contributed by atoms with Gasteiger partial charge < -0.3 is 15.0 Å². The summed E-state index contributed by atoms with van der Waals surface area (Å²) in [6.45, 7) is 9.33. The molecular formula is C15H25FN2O. The van der Waals surface area contributed by atoms with Crippen LogP contribution >= 0.6 is 0 Å². The summed E-state index contributed by atoms with van der Waals surface area (Å²) >= 11 is 0. The van der Waals surface area contributed by atoms with Crippen molar-refractivity contribution in [3.05, 3.63) is 29.6 Å². The van der Waals surface area contributed by atoms with Crippen molar-refractivity contribution in [1.29, 1.82) is 0 Å². The first-order valence-electron chi connectivity index (χ1n) is 6.84. The zero-order valence-corrected chi connectivity index (χ0v) is 12.4. The van der Waals surface area contributed by atoms with Crippen LogP contribution in [0.3, 0.4) is 0 Å². The SMILES string of the molecule is CCNCc1cc(F)ccc1N(CCOC)C(C)C. The third-order valence-corrected chi connectivity index (χ3v) is 3.08. The van der Waals surface area contributed by atoms with Gasteiger partial charge >= 0.3 is 0 Å². The summed E-state index contributed by atoms with van der Waals surface area (Å²) in [5.74, 6) is -0.188. The van der Waals surface area contributed by atoms with Gasteiger partial charge in [0.15, 0.2) is 0 Å². The van der Waals surface area contributed by atoms with Crippen LogP contribution < -0.4 is 10.2 Å². The Hall–Kier alpha value is -1.13. The van der Waals surface area contributed by atoms with Gasteiger partial charge in [-0.05, 0) is 44.2 Å². The minimum Gasteiger partial charge on any atom is -0.383 e. The molecule has 19 heavy (non-hydrogen) atoms. The fourth-order valence-electron chi connectivity index (χ4n) is 2.08. The summed E-state index contributed by atoms with van der Waals surface area (Å²) < 4.78 is 18.6. The average Bonchev–Trinajstić information content (AvgIpc) is 2.38. The van der Waals surface area contributed by atoms with Crippen LogP contribution in [-0.2, 0) is 11.3 Å². The third-order valence-electron chi connectivity index (χ3n) is 3.08. The zero-order valence-electron chi connectivity index (χ0n) is 12.4. The number of ether oxygens (including phenoxy) is 1. The second kappa shape index (κ2) is 8.12. The number of methoxy groups -OCH3 is 1. The molecule has 0 unspecified atom stereocenters. The molecule has 0 spiro atoms. The predicted molar refractivity (Wildman–Crippen MR) is 78.1 cm³/mol. The van der Waals surface area contributed by atoms with E-state index in [0.717, 1.165) is 24.3 Å². The molecule has 3 nitrogen and oxygen atoms in total. The summed E-state index contributed by atoms with van der Waals surface area (Å²) in [5.41, 5.74) is 2.07. The molecule has 108 valence electrons. The van der Waals surface area contributed by atoms with E-state index in [1.165, 1.54) is 6.07 Å². The summed E-state index contributed by atoms with van der Waals surface area (Å²) in [4.78, 5) is 2.25. The molecule has 0 fully saturated rings. The number of nitrogens with zero attached hydrogens (tertiary/aromatic N) is 1. The number of benzene rings is 1. The molecule has 0 atom stereocenters. The van der Waals surface area contributed by atoms with Crippen LogP contribution in [0.4, 0.5) is 10.1 Å². The summed E-state index contributed by atoms with van der Waals surface area (Å²) in [5, 5.41) is 3.26. The van der Waals surface area contributed by atoms with E-state index in [9.17, 15) is 4.39 Å². The molecule has 1 aromatic rings. The monoisotopic (exact) mass is 268 g/mol. The number of halogens is 1. The first kappa shape index (κ1) is 15.9. The number of hydrogen-bond donors (Lipinski definition) is 1. The lowest BCUT2D eigenvalue weighted by Crippen LogP contribution is -2.35. The highest BCUT2D eigenvalue weighted by Crippen LogP contribution is 2.23. The second-order valence-corrected chi connectivity index (χ2v) is 4.83. The number of nitrogens with one attached hydrogen (secondary N) is 1. The van der Waals surface area contributed by atoms with Gasteiger partial charge in [0.25, 0.3) is 0 Å². The molecule has 0 aliphatic heterocycles. The predicted octanol–water partition coefficient (Wildman–Crippen LogP) is 2.80. The molecule has 0 aromatic heterocycles. The summed E-state index contributed by atoms with van der Waals surface area (Å²) in [7, 11) is 1.70. The van der Waals surface area contributed by atoms with Crippen LogP contribution in [0.2, 0.25) is 0 Å². The van der Waals surface area contributed by atoms with Crippen molar-refractivity contribution < 1.29 is 9.13 Å². The van der Waals surface area contributed by atoms with Crippen molar-refractivity contribution in [2.24, 2.45) is 0 Å². The Morgan fingerprint density at radius 2 is 2.11 bits per heavy atom. The van der Waals surface area contributed by atoms with E-state index < -0.39 is 0 Å². The van der Waals surface area contributed by atoms with Crippen LogP contribution in [-0.4, -0.2) is 32.8 Å². The smallest absolute Gasteiger partial charge is 0.123 e. The highest BCUT2D eigenvalue weighted by atomic mass is 19.1. The van der Waals surface area contributed by atoms with Crippen molar-refractivity contribution >= 4 is 5.69 Å². The highest BCUT2D eigenvalue weighted by molar-refractivity contribution is 5.54. The van der Waals surface area contributed by atoms with Gasteiger partial charge in [-0.3, -0.25) is 0 Å². The van der Waals surface area contributed by atoms with Crippen LogP contribution in [0, 0.1) is 5.82 Å². The van der Waals surface area contributed by atoms with Gasteiger partial charge in [0.2, 0.25) is 0 Å². The molecule has 0 radical (unpaired) electrons. The van der Waals surface area contributed by atoms with E-state index >= 15 is 0 Å². The Labute approximate surface area is 115 Å². The zero-order chi connectivity index (χ0) is 14.3. The topological polar surface area (TPSA) is 24.5 Å². The van der Waals surface area contributed by atoms with Crippen molar-refractivity contribution in [3.63, 3.8) is 0 Å². The van der Waals surface area contributed by atoms with E-state index in [1.807, 2.05) is 13.0 Å². The fourth-order valence-corrected chi connectivity index (χ4v) is 2.08. The first-order valence-corrected chi connectivity index (χ1v) is 6.84. The largest absolute Gasteiger partial charge is 0.383 e. The lowest BCUT2D eigenvalue weighted by Gasteiger charge is -2.31. The molecule has 1 aromatic carbocycles. The third kappa shape index (κ3) is 4.80. The maximum atomic E-state index is 13.4. The molecule has 1 N–H and O–H groups in total. The molecule has 0 saturated carbocycles. The molecule has 0 bridgehead atoms. The van der Waals surface area contributed by atoms with Crippen molar-refractivity contribution in [2.75, 3.05) is 31.7 Å². The Morgan fingerprint density at radius 1 is 1.37 bits per heavy atom. The van der Waals surface area contributed by atoms with Crippen molar-refractivity contribution in [2.45, 2.75) is 33.4 Å². The minimum absolute atomic E-state index is 0.188. The van der Waals surface area contributed by atoms with Gasteiger partial charge in [0.05, 0.1) is 6.61 Å². The normalized spacial score (nSPS) is 11.1. The Kier molecular flexibility index (Phi) is 6.81. The molecule has 4 heteroatoms. The molecule has 0 saturated heterocycles. The van der Waals surface area contributed by atoms with Crippen LogP contribution in [0.25, 0.3) is 0 Å². The first-order chi connectivity index (χ1) is 9.10. The molecule has 1 rings (SSSR count).